The summed E-state index contributed by atoms with van der Waals surface area (Å²) in [7, 11) is 1.41. The van der Waals surface area contributed by atoms with Gasteiger partial charge in [0, 0.05) is 12.8 Å². The van der Waals surface area contributed by atoms with Crippen molar-refractivity contribution in [3.8, 4) is 0 Å². The first kappa shape index (κ1) is 19.6. The van der Waals surface area contributed by atoms with Crippen LogP contribution in [0, 0.1) is 0 Å². The third kappa shape index (κ3) is 7.60. The Morgan fingerprint density at radius 1 is 1.22 bits per heavy atom. The molecule has 1 N–H and O–H groups in total. The number of hydrogen-bond donors (Lipinski definition) is 1. The molecule has 1 unspecified atom stereocenters. The molecule has 0 aromatic rings. The number of hydrogen-bond acceptors (Lipinski definition) is 4. The molecule has 4 heteroatoms. The highest BCUT2D eigenvalue weighted by molar-refractivity contribution is 5.99. The molecule has 1 aliphatic carbocycles. The van der Waals surface area contributed by atoms with Gasteiger partial charge in [0.05, 0.1) is 13.2 Å². The van der Waals surface area contributed by atoms with E-state index in [0.29, 0.717) is 12.8 Å². The van der Waals surface area contributed by atoms with E-state index in [1.807, 2.05) is 19.1 Å². The Bertz CT molecular complexity index is 448. The second-order valence-electron chi connectivity index (χ2n) is 6.09. The van der Waals surface area contributed by atoms with Crippen LogP contribution >= 0.6 is 0 Å². The van der Waals surface area contributed by atoms with Gasteiger partial charge in [0.2, 0.25) is 0 Å². The smallest absolute Gasteiger partial charge is 0.305 e. The van der Waals surface area contributed by atoms with Gasteiger partial charge < -0.3 is 9.84 Å². The lowest BCUT2D eigenvalue weighted by Crippen LogP contribution is -2.02. The molecular formula is C19H30O4. The first-order chi connectivity index (χ1) is 11.1. The lowest BCUT2D eigenvalue weighted by atomic mass is 10.0. The highest BCUT2D eigenvalue weighted by Crippen LogP contribution is 2.26. The minimum atomic E-state index is -0.439. The van der Waals surface area contributed by atoms with Gasteiger partial charge in [0.1, 0.15) is 0 Å². The van der Waals surface area contributed by atoms with Crippen LogP contribution in [0.5, 0.6) is 0 Å². The van der Waals surface area contributed by atoms with Crippen LogP contribution in [-0.4, -0.2) is 30.1 Å². The van der Waals surface area contributed by atoms with Gasteiger partial charge in [-0.05, 0) is 36.8 Å². The van der Waals surface area contributed by atoms with Gasteiger partial charge >= 0.3 is 5.97 Å². The molecule has 0 heterocycles. The third-order valence-electron chi connectivity index (χ3n) is 4.33. The fraction of sp³-hybridized carbons (Fsp3) is 0.684. The Labute approximate surface area is 139 Å². The highest BCUT2D eigenvalue weighted by Gasteiger charge is 2.19. The molecule has 1 aliphatic rings. The number of carbonyl (C=O) groups is 2. The molecule has 0 aromatic heterocycles. The lowest BCUT2D eigenvalue weighted by Gasteiger charge is -2.06. The molecular weight excluding hydrogens is 292 g/mol. The van der Waals surface area contributed by atoms with Crippen LogP contribution in [0.4, 0.5) is 0 Å². The fourth-order valence-corrected chi connectivity index (χ4v) is 2.92. The highest BCUT2D eigenvalue weighted by atomic mass is 16.5. The first-order valence-corrected chi connectivity index (χ1v) is 8.76. The SMILES string of the molecule is CCC1=C(/C=C/C(O)CCCCCCCC(=O)OC)CCC1=O. The number of aliphatic hydroxyl groups is 1. The summed E-state index contributed by atoms with van der Waals surface area (Å²) in [6, 6.07) is 0. The van der Waals surface area contributed by atoms with Crippen molar-refractivity contribution in [3.05, 3.63) is 23.3 Å². The number of ether oxygens (including phenoxy) is 1. The zero-order valence-corrected chi connectivity index (χ0v) is 14.5. The number of allylic oxidation sites excluding steroid dienone is 3. The Kier molecular flexibility index (Phi) is 9.53. The monoisotopic (exact) mass is 322 g/mol. The van der Waals surface area contributed by atoms with Crippen molar-refractivity contribution < 1.29 is 19.4 Å². The van der Waals surface area contributed by atoms with Gasteiger partial charge in [-0.1, -0.05) is 44.8 Å². The molecule has 0 saturated heterocycles. The molecule has 0 aliphatic heterocycles. The summed E-state index contributed by atoms with van der Waals surface area (Å²) in [4.78, 5) is 22.6. The van der Waals surface area contributed by atoms with E-state index in [1.54, 1.807) is 0 Å². The molecule has 0 fully saturated rings. The third-order valence-corrected chi connectivity index (χ3v) is 4.33. The number of ketones is 1. The van der Waals surface area contributed by atoms with E-state index in [9.17, 15) is 14.7 Å². The molecule has 0 spiro atoms. The van der Waals surface area contributed by atoms with Crippen molar-refractivity contribution in [2.24, 2.45) is 0 Å². The van der Waals surface area contributed by atoms with Crippen molar-refractivity contribution in [3.63, 3.8) is 0 Å². The predicted octanol–water partition coefficient (Wildman–Crippen LogP) is 3.88. The van der Waals surface area contributed by atoms with Gasteiger partial charge in [-0.15, -0.1) is 0 Å². The van der Waals surface area contributed by atoms with E-state index in [1.165, 1.54) is 7.11 Å². The minimum absolute atomic E-state index is 0.142. The molecule has 130 valence electrons. The van der Waals surface area contributed by atoms with E-state index < -0.39 is 6.10 Å². The standard InChI is InChI=1S/C19H30O4/c1-3-17-15(12-14-18(17)21)11-13-16(20)9-7-5-4-6-8-10-19(22)23-2/h11,13,16,20H,3-10,12,14H2,1-2H3/b13-11+. The van der Waals surface area contributed by atoms with Gasteiger partial charge in [-0.3, -0.25) is 9.59 Å². The molecule has 0 bridgehead atoms. The number of unbranched alkanes of at least 4 members (excludes halogenated alkanes) is 4. The summed E-state index contributed by atoms with van der Waals surface area (Å²) < 4.78 is 4.60. The summed E-state index contributed by atoms with van der Waals surface area (Å²) in [5.41, 5.74) is 2.03. The summed E-state index contributed by atoms with van der Waals surface area (Å²) >= 11 is 0. The van der Waals surface area contributed by atoms with Crippen LogP contribution in [-0.2, 0) is 14.3 Å². The van der Waals surface area contributed by atoms with Crippen molar-refractivity contribution in [2.75, 3.05) is 7.11 Å². The average molecular weight is 322 g/mol. The molecule has 0 aromatic carbocycles. The maximum atomic E-state index is 11.6. The molecule has 0 saturated carbocycles. The number of Topliss-reactive ketones (excluding diaryl/α,β-unsaturated/α-hetero) is 1. The van der Waals surface area contributed by atoms with Crippen molar-refractivity contribution >= 4 is 11.8 Å². The number of carbonyl (C=O) groups excluding carboxylic acids is 2. The maximum absolute atomic E-state index is 11.6. The molecule has 1 atom stereocenters. The van der Waals surface area contributed by atoms with Crippen molar-refractivity contribution in [1.29, 1.82) is 0 Å². The van der Waals surface area contributed by atoms with E-state index >= 15 is 0 Å². The Hall–Kier alpha value is -1.42. The zero-order valence-electron chi connectivity index (χ0n) is 14.5. The zero-order chi connectivity index (χ0) is 17.1. The van der Waals surface area contributed by atoms with Crippen molar-refractivity contribution in [2.45, 2.75) is 77.2 Å². The van der Waals surface area contributed by atoms with E-state index in [4.69, 9.17) is 0 Å². The number of aliphatic hydroxyl groups excluding tert-OH is 1. The summed E-state index contributed by atoms with van der Waals surface area (Å²) in [5.74, 6) is 0.116. The second kappa shape index (κ2) is 11.2. The fourth-order valence-electron chi connectivity index (χ4n) is 2.92. The Morgan fingerprint density at radius 3 is 2.61 bits per heavy atom. The molecule has 23 heavy (non-hydrogen) atoms. The second-order valence-corrected chi connectivity index (χ2v) is 6.09. The van der Waals surface area contributed by atoms with Crippen LogP contribution in [0.3, 0.4) is 0 Å². The summed E-state index contributed by atoms with van der Waals surface area (Å²) in [5, 5.41) is 9.99. The van der Waals surface area contributed by atoms with Crippen LogP contribution in [0.1, 0.15) is 71.1 Å². The normalized spacial score (nSPS) is 16.4. The predicted molar refractivity (Wildman–Crippen MR) is 91.0 cm³/mol. The number of methoxy groups -OCH3 is 1. The summed E-state index contributed by atoms with van der Waals surface area (Å²) in [6.07, 6.45) is 11.8. The van der Waals surface area contributed by atoms with Gasteiger partial charge in [0.15, 0.2) is 5.78 Å². The van der Waals surface area contributed by atoms with E-state index in [0.717, 1.165) is 62.5 Å². The molecule has 4 nitrogen and oxygen atoms in total. The minimum Gasteiger partial charge on any atom is -0.469 e. The summed E-state index contributed by atoms with van der Waals surface area (Å²) in [6.45, 7) is 2.00. The van der Waals surface area contributed by atoms with Crippen LogP contribution in [0.25, 0.3) is 0 Å². The van der Waals surface area contributed by atoms with Crippen LogP contribution in [0.15, 0.2) is 23.3 Å². The van der Waals surface area contributed by atoms with Crippen LogP contribution in [0.2, 0.25) is 0 Å². The first-order valence-electron chi connectivity index (χ1n) is 8.76. The van der Waals surface area contributed by atoms with Gasteiger partial charge in [-0.25, -0.2) is 0 Å². The van der Waals surface area contributed by atoms with Crippen LogP contribution < -0.4 is 0 Å². The van der Waals surface area contributed by atoms with Crippen molar-refractivity contribution in [1.82, 2.24) is 0 Å². The average Bonchev–Trinajstić information content (AvgIpc) is 2.91. The quantitative estimate of drug-likeness (QED) is 0.463. The molecule has 0 radical (unpaired) electrons. The number of esters is 1. The maximum Gasteiger partial charge on any atom is 0.305 e. The van der Waals surface area contributed by atoms with Gasteiger partial charge in [0.25, 0.3) is 0 Å². The van der Waals surface area contributed by atoms with E-state index in [-0.39, 0.29) is 11.8 Å². The number of rotatable bonds is 11. The Morgan fingerprint density at radius 2 is 1.91 bits per heavy atom. The molecule has 1 rings (SSSR count). The topological polar surface area (TPSA) is 63.6 Å². The largest absolute Gasteiger partial charge is 0.469 e. The molecule has 0 amide bonds. The lowest BCUT2D eigenvalue weighted by molar-refractivity contribution is -0.140. The van der Waals surface area contributed by atoms with Gasteiger partial charge in [-0.2, -0.15) is 0 Å². The van der Waals surface area contributed by atoms with E-state index in [2.05, 4.69) is 4.74 Å². The Balaban J connectivity index is 2.14.